The van der Waals surface area contributed by atoms with Gasteiger partial charge in [-0.05, 0) is 11.1 Å². The molecule has 2 aromatic rings. The molecule has 0 aliphatic heterocycles. The van der Waals surface area contributed by atoms with Crippen molar-refractivity contribution in [1.29, 1.82) is 0 Å². The van der Waals surface area contributed by atoms with Gasteiger partial charge in [0.05, 0.1) is 12.0 Å². The molecule has 20 heavy (non-hydrogen) atoms. The summed E-state index contributed by atoms with van der Waals surface area (Å²) >= 11 is 1.26. The van der Waals surface area contributed by atoms with Crippen molar-refractivity contribution in [3.05, 3.63) is 71.8 Å². The van der Waals surface area contributed by atoms with Gasteiger partial charge in [0.15, 0.2) is 5.12 Å². The second-order valence-electron chi connectivity index (χ2n) is 4.74. The summed E-state index contributed by atoms with van der Waals surface area (Å²) in [7, 11) is 0. The number of thioether (sulfide) groups is 1. The second-order valence-corrected chi connectivity index (χ2v) is 5.72. The summed E-state index contributed by atoms with van der Waals surface area (Å²) in [5.74, 6) is 0.233. The number of carbonyl (C=O) groups excluding carboxylic acids is 1. The van der Waals surface area contributed by atoms with Gasteiger partial charge in [-0.1, -0.05) is 79.3 Å². The lowest BCUT2D eigenvalue weighted by molar-refractivity contribution is -0.117. The van der Waals surface area contributed by atoms with Crippen molar-refractivity contribution in [2.45, 2.75) is 18.8 Å². The highest BCUT2D eigenvalue weighted by atomic mass is 32.2. The minimum Gasteiger partial charge on any atom is -0.388 e. The van der Waals surface area contributed by atoms with Crippen molar-refractivity contribution in [1.82, 2.24) is 0 Å². The number of benzene rings is 2. The molecule has 0 aliphatic rings. The van der Waals surface area contributed by atoms with Gasteiger partial charge in [0.2, 0.25) is 0 Å². The van der Waals surface area contributed by atoms with Crippen LogP contribution in [0.25, 0.3) is 0 Å². The third kappa shape index (κ3) is 3.95. The van der Waals surface area contributed by atoms with Gasteiger partial charge in [0.25, 0.3) is 0 Å². The van der Waals surface area contributed by atoms with E-state index >= 15 is 0 Å². The molecule has 0 aliphatic carbocycles. The van der Waals surface area contributed by atoms with Crippen LogP contribution in [0.5, 0.6) is 0 Å². The van der Waals surface area contributed by atoms with E-state index in [4.69, 9.17) is 0 Å². The summed E-state index contributed by atoms with van der Waals surface area (Å²) in [6, 6.07) is 19.2. The lowest BCUT2D eigenvalue weighted by atomic mass is 9.99. The van der Waals surface area contributed by atoms with Crippen LogP contribution in [0.15, 0.2) is 60.7 Å². The van der Waals surface area contributed by atoms with E-state index < -0.39 is 12.0 Å². The normalized spacial score (nSPS) is 13.7. The summed E-state index contributed by atoms with van der Waals surface area (Å²) in [5, 5.41) is 10.2. The molecule has 0 unspecified atom stereocenters. The molecule has 2 nitrogen and oxygen atoms in total. The number of rotatable bonds is 5. The van der Waals surface area contributed by atoms with Gasteiger partial charge in [-0.25, -0.2) is 0 Å². The largest absolute Gasteiger partial charge is 0.388 e. The van der Waals surface area contributed by atoms with E-state index in [1.54, 1.807) is 6.92 Å². The van der Waals surface area contributed by atoms with Crippen molar-refractivity contribution >= 4 is 16.9 Å². The molecular weight excluding hydrogens is 268 g/mol. The molecule has 0 saturated carbocycles. The summed E-state index contributed by atoms with van der Waals surface area (Å²) in [6.45, 7) is 1.78. The van der Waals surface area contributed by atoms with Gasteiger partial charge in [-0.15, -0.1) is 0 Å². The highest BCUT2D eigenvalue weighted by molar-refractivity contribution is 8.13. The summed E-state index contributed by atoms with van der Waals surface area (Å²) in [4.78, 5) is 12.1. The van der Waals surface area contributed by atoms with Gasteiger partial charge >= 0.3 is 0 Å². The smallest absolute Gasteiger partial charge is 0.195 e. The van der Waals surface area contributed by atoms with Crippen LogP contribution >= 0.6 is 11.8 Å². The minimum atomic E-state index is -0.744. The fraction of sp³-hybridized carbons (Fsp3) is 0.235. The minimum absolute atomic E-state index is 0.0187. The number of hydrogen-bond donors (Lipinski definition) is 1. The Balaban J connectivity index is 1.92. The van der Waals surface area contributed by atoms with Gasteiger partial charge in [-0.3, -0.25) is 4.79 Å². The van der Waals surface area contributed by atoms with Crippen LogP contribution in [0, 0.1) is 5.92 Å². The molecule has 2 atom stereocenters. The first-order chi connectivity index (χ1) is 9.68. The third-order valence-electron chi connectivity index (χ3n) is 3.21. The van der Waals surface area contributed by atoms with Crippen LogP contribution in [0.3, 0.4) is 0 Å². The van der Waals surface area contributed by atoms with E-state index in [2.05, 4.69) is 0 Å². The standard InChI is InChI=1S/C17H18O2S/c1-13(16(18)15-10-6-3-7-11-15)17(19)20-12-14-8-4-2-5-9-14/h2-11,13,16,18H,12H2,1H3/t13-,16+/m0/s1. The SMILES string of the molecule is C[C@H](C(=O)SCc1ccccc1)[C@@H](O)c1ccccc1. The van der Waals surface area contributed by atoms with Crippen LogP contribution in [-0.2, 0) is 10.5 Å². The number of hydrogen-bond acceptors (Lipinski definition) is 3. The molecule has 0 radical (unpaired) electrons. The summed E-state index contributed by atoms with van der Waals surface area (Å²) in [5.41, 5.74) is 1.90. The average molecular weight is 286 g/mol. The monoisotopic (exact) mass is 286 g/mol. The zero-order chi connectivity index (χ0) is 14.4. The van der Waals surface area contributed by atoms with Crippen LogP contribution < -0.4 is 0 Å². The Labute approximate surface area is 123 Å². The maximum Gasteiger partial charge on any atom is 0.195 e. The van der Waals surface area contributed by atoms with Crippen molar-refractivity contribution in [3.8, 4) is 0 Å². The quantitative estimate of drug-likeness (QED) is 0.908. The molecule has 1 N–H and O–H groups in total. The highest BCUT2D eigenvalue weighted by Gasteiger charge is 2.23. The lowest BCUT2D eigenvalue weighted by Crippen LogP contribution is -2.17. The van der Waals surface area contributed by atoms with Gasteiger partial charge < -0.3 is 5.11 Å². The first-order valence-electron chi connectivity index (χ1n) is 6.62. The van der Waals surface area contributed by atoms with Gasteiger partial charge in [0, 0.05) is 5.75 Å². The Hall–Kier alpha value is -1.58. The molecule has 3 heteroatoms. The van der Waals surface area contributed by atoms with Crippen molar-refractivity contribution < 1.29 is 9.90 Å². The summed E-state index contributed by atoms with van der Waals surface area (Å²) in [6.07, 6.45) is -0.744. The maximum absolute atomic E-state index is 12.1. The zero-order valence-electron chi connectivity index (χ0n) is 11.4. The fourth-order valence-corrected chi connectivity index (χ4v) is 2.82. The first kappa shape index (κ1) is 14.8. The van der Waals surface area contributed by atoms with Crippen molar-refractivity contribution in [2.24, 2.45) is 5.92 Å². The molecule has 2 aromatic carbocycles. The van der Waals surface area contributed by atoms with E-state index in [0.29, 0.717) is 5.75 Å². The van der Waals surface area contributed by atoms with Gasteiger partial charge in [-0.2, -0.15) is 0 Å². The van der Waals surface area contributed by atoms with E-state index in [9.17, 15) is 9.90 Å². The molecule has 0 heterocycles. The number of carbonyl (C=O) groups is 1. The molecule has 0 amide bonds. The number of aliphatic hydroxyl groups excluding tert-OH is 1. The third-order valence-corrected chi connectivity index (χ3v) is 4.34. The van der Waals surface area contributed by atoms with E-state index in [1.165, 1.54) is 11.8 Å². The Morgan fingerprint density at radius 3 is 2.20 bits per heavy atom. The molecule has 0 aromatic heterocycles. The Morgan fingerprint density at radius 1 is 1.05 bits per heavy atom. The van der Waals surface area contributed by atoms with E-state index in [1.807, 2.05) is 60.7 Å². The van der Waals surface area contributed by atoms with Crippen LogP contribution in [0.2, 0.25) is 0 Å². The Kier molecular flexibility index (Phi) is 5.39. The molecule has 104 valence electrons. The molecule has 0 spiro atoms. The summed E-state index contributed by atoms with van der Waals surface area (Å²) < 4.78 is 0. The highest BCUT2D eigenvalue weighted by Crippen LogP contribution is 2.27. The second kappa shape index (κ2) is 7.27. The lowest BCUT2D eigenvalue weighted by Gasteiger charge is -2.17. The van der Waals surface area contributed by atoms with E-state index in [-0.39, 0.29) is 5.12 Å². The maximum atomic E-state index is 12.1. The van der Waals surface area contributed by atoms with Crippen molar-refractivity contribution in [3.63, 3.8) is 0 Å². The first-order valence-corrected chi connectivity index (χ1v) is 7.60. The molecule has 0 saturated heterocycles. The molecule has 2 rings (SSSR count). The Morgan fingerprint density at radius 2 is 1.60 bits per heavy atom. The zero-order valence-corrected chi connectivity index (χ0v) is 12.2. The fourth-order valence-electron chi connectivity index (χ4n) is 1.93. The topological polar surface area (TPSA) is 37.3 Å². The predicted molar refractivity (Wildman–Crippen MR) is 83.3 cm³/mol. The van der Waals surface area contributed by atoms with Crippen molar-refractivity contribution in [2.75, 3.05) is 0 Å². The number of aliphatic hydroxyl groups is 1. The molecule has 0 bridgehead atoms. The van der Waals surface area contributed by atoms with Gasteiger partial charge in [0.1, 0.15) is 0 Å². The average Bonchev–Trinajstić information content (AvgIpc) is 2.53. The van der Waals surface area contributed by atoms with Crippen LogP contribution in [0.1, 0.15) is 24.2 Å². The predicted octanol–water partition coefficient (Wildman–Crippen LogP) is 3.82. The van der Waals surface area contributed by atoms with E-state index in [0.717, 1.165) is 11.1 Å². The van der Waals surface area contributed by atoms with Crippen LogP contribution in [-0.4, -0.2) is 10.2 Å². The van der Waals surface area contributed by atoms with Crippen LogP contribution in [0.4, 0.5) is 0 Å². The molecule has 0 fully saturated rings. The molecular formula is C17H18O2S. The Bertz CT molecular complexity index is 539.